The van der Waals surface area contributed by atoms with Crippen molar-refractivity contribution in [2.24, 2.45) is 17.4 Å². The number of primary amides is 1. The van der Waals surface area contributed by atoms with E-state index in [1.54, 1.807) is 13.8 Å². The second-order valence-electron chi connectivity index (χ2n) is 7.22. The lowest BCUT2D eigenvalue weighted by atomic mass is 9.97. The zero-order chi connectivity index (χ0) is 24.3. The first-order valence-corrected chi connectivity index (χ1v) is 9.69. The van der Waals surface area contributed by atoms with Gasteiger partial charge in [0.2, 0.25) is 23.6 Å². The van der Waals surface area contributed by atoms with Crippen LogP contribution in [0.1, 0.15) is 46.5 Å². The molecule has 0 aromatic carbocycles. The number of hydrogen-bond acceptors (Lipinski definition) is 7. The van der Waals surface area contributed by atoms with E-state index in [9.17, 15) is 33.9 Å². The molecular weight excluding hydrogens is 414 g/mol. The van der Waals surface area contributed by atoms with Crippen molar-refractivity contribution in [3.05, 3.63) is 0 Å². The molecule has 13 heteroatoms. The van der Waals surface area contributed by atoms with Gasteiger partial charge in [-0.25, -0.2) is 4.79 Å². The Hall–Kier alpha value is -3.22. The van der Waals surface area contributed by atoms with Crippen LogP contribution in [0.3, 0.4) is 0 Å². The Morgan fingerprint density at radius 3 is 1.84 bits per heavy atom. The van der Waals surface area contributed by atoms with Gasteiger partial charge >= 0.3 is 11.9 Å². The summed E-state index contributed by atoms with van der Waals surface area (Å²) in [4.78, 5) is 70.5. The number of aliphatic carboxylic acids is 2. The summed E-state index contributed by atoms with van der Waals surface area (Å²) in [6.07, 6.45) is -1.01. The van der Waals surface area contributed by atoms with Gasteiger partial charge in [0.05, 0.1) is 12.5 Å². The van der Waals surface area contributed by atoms with E-state index in [1.807, 2.05) is 0 Å². The van der Waals surface area contributed by atoms with Crippen molar-refractivity contribution in [1.82, 2.24) is 16.0 Å². The molecule has 5 atom stereocenters. The largest absolute Gasteiger partial charge is 0.481 e. The summed E-state index contributed by atoms with van der Waals surface area (Å²) in [5.74, 6) is -6.56. The second-order valence-corrected chi connectivity index (χ2v) is 7.22. The predicted octanol–water partition coefficient (Wildman–Crippen LogP) is -2.34. The van der Waals surface area contributed by atoms with Crippen molar-refractivity contribution in [2.45, 2.75) is 70.6 Å². The molecule has 13 nitrogen and oxygen atoms in total. The number of rotatable bonds is 14. The van der Waals surface area contributed by atoms with E-state index in [-0.39, 0.29) is 18.8 Å². The van der Waals surface area contributed by atoms with Gasteiger partial charge in [-0.1, -0.05) is 20.3 Å². The number of carboxylic acid groups (broad SMARTS) is 2. The smallest absolute Gasteiger partial charge is 0.326 e. The molecule has 0 saturated heterocycles. The van der Waals surface area contributed by atoms with Gasteiger partial charge in [-0.3, -0.25) is 24.0 Å². The van der Waals surface area contributed by atoms with Crippen LogP contribution in [0.2, 0.25) is 0 Å². The minimum Gasteiger partial charge on any atom is -0.481 e. The van der Waals surface area contributed by atoms with Gasteiger partial charge < -0.3 is 37.6 Å². The number of carbonyl (C=O) groups is 6. The fourth-order valence-corrected chi connectivity index (χ4v) is 2.45. The van der Waals surface area contributed by atoms with E-state index >= 15 is 0 Å². The van der Waals surface area contributed by atoms with Crippen LogP contribution >= 0.6 is 0 Å². The highest BCUT2D eigenvalue weighted by atomic mass is 16.4. The average molecular weight is 445 g/mol. The van der Waals surface area contributed by atoms with E-state index in [1.165, 1.54) is 6.92 Å². The first-order chi connectivity index (χ1) is 14.3. The van der Waals surface area contributed by atoms with Crippen molar-refractivity contribution < 1.29 is 39.0 Å². The molecule has 0 aromatic rings. The maximum absolute atomic E-state index is 12.7. The fourth-order valence-electron chi connectivity index (χ4n) is 2.45. The molecule has 0 aliphatic rings. The summed E-state index contributed by atoms with van der Waals surface area (Å²) in [5, 5.41) is 25.1. The molecule has 0 aliphatic carbocycles. The molecule has 31 heavy (non-hydrogen) atoms. The lowest BCUT2D eigenvalue weighted by Gasteiger charge is -2.27. The number of amides is 4. The Labute approximate surface area is 179 Å². The Morgan fingerprint density at radius 2 is 1.42 bits per heavy atom. The van der Waals surface area contributed by atoms with Crippen LogP contribution in [0.15, 0.2) is 0 Å². The molecule has 0 heterocycles. The SMILES string of the molecule is CCC(C)C(NC(=O)C(C)N)C(=O)NC(CC(=O)O)C(=O)NC(CCC(N)=O)C(=O)O. The third kappa shape index (κ3) is 10.4. The molecule has 5 unspecified atom stereocenters. The molecule has 0 bridgehead atoms. The van der Waals surface area contributed by atoms with Crippen molar-refractivity contribution in [3.63, 3.8) is 0 Å². The van der Waals surface area contributed by atoms with Crippen LogP contribution in [0.5, 0.6) is 0 Å². The zero-order valence-electron chi connectivity index (χ0n) is 17.7. The fraction of sp³-hybridized carbons (Fsp3) is 0.667. The zero-order valence-corrected chi connectivity index (χ0v) is 17.7. The second kappa shape index (κ2) is 13.2. The lowest BCUT2D eigenvalue weighted by Crippen LogP contribution is -2.58. The topological polar surface area (TPSA) is 231 Å². The summed E-state index contributed by atoms with van der Waals surface area (Å²) in [7, 11) is 0. The van der Waals surface area contributed by atoms with Gasteiger partial charge in [-0.15, -0.1) is 0 Å². The molecule has 0 fully saturated rings. The van der Waals surface area contributed by atoms with Gasteiger partial charge in [-0.2, -0.15) is 0 Å². The Bertz CT molecular complexity index is 696. The van der Waals surface area contributed by atoms with Crippen LogP contribution < -0.4 is 27.4 Å². The van der Waals surface area contributed by atoms with Gasteiger partial charge in [0, 0.05) is 6.42 Å². The summed E-state index contributed by atoms with van der Waals surface area (Å²) in [6, 6.07) is -5.15. The summed E-state index contributed by atoms with van der Waals surface area (Å²) in [5.41, 5.74) is 10.5. The molecule has 0 aliphatic heterocycles. The van der Waals surface area contributed by atoms with E-state index < -0.39 is 66.2 Å². The maximum Gasteiger partial charge on any atom is 0.326 e. The minimum absolute atomic E-state index is 0.315. The van der Waals surface area contributed by atoms with Gasteiger partial charge in [0.25, 0.3) is 0 Å². The van der Waals surface area contributed by atoms with Crippen LogP contribution in [-0.4, -0.2) is 69.9 Å². The molecule has 0 saturated carbocycles. The minimum atomic E-state index is -1.63. The highest BCUT2D eigenvalue weighted by molar-refractivity contribution is 5.95. The molecule has 4 amide bonds. The number of nitrogens with one attached hydrogen (secondary N) is 3. The molecule has 0 spiro atoms. The summed E-state index contributed by atoms with van der Waals surface area (Å²) in [6.45, 7) is 4.85. The van der Waals surface area contributed by atoms with Gasteiger partial charge in [-0.05, 0) is 19.3 Å². The Balaban J connectivity index is 5.50. The van der Waals surface area contributed by atoms with E-state index in [2.05, 4.69) is 16.0 Å². The highest BCUT2D eigenvalue weighted by Crippen LogP contribution is 2.10. The molecule has 176 valence electrons. The normalized spacial score (nSPS) is 15.5. The third-order valence-corrected chi connectivity index (χ3v) is 4.51. The number of nitrogens with two attached hydrogens (primary N) is 2. The van der Waals surface area contributed by atoms with Crippen LogP contribution in [0, 0.1) is 5.92 Å². The van der Waals surface area contributed by atoms with Crippen molar-refractivity contribution in [2.75, 3.05) is 0 Å². The molecule has 9 N–H and O–H groups in total. The van der Waals surface area contributed by atoms with Crippen LogP contribution in [0.25, 0.3) is 0 Å². The summed E-state index contributed by atoms with van der Waals surface area (Å²) >= 11 is 0. The quantitative estimate of drug-likeness (QED) is 0.151. The third-order valence-electron chi connectivity index (χ3n) is 4.51. The van der Waals surface area contributed by atoms with Crippen molar-refractivity contribution >= 4 is 35.6 Å². The first kappa shape index (κ1) is 27.8. The van der Waals surface area contributed by atoms with Crippen molar-refractivity contribution in [3.8, 4) is 0 Å². The number of hydrogen-bond donors (Lipinski definition) is 7. The van der Waals surface area contributed by atoms with Gasteiger partial charge in [0.15, 0.2) is 0 Å². The molecule has 0 radical (unpaired) electrons. The maximum atomic E-state index is 12.7. The number of carboxylic acids is 2. The molecular formula is C18H31N5O8. The average Bonchev–Trinajstić information content (AvgIpc) is 2.66. The monoisotopic (exact) mass is 445 g/mol. The Kier molecular flexibility index (Phi) is 11.8. The van der Waals surface area contributed by atoms with E-state index in [0.717, 1.165) is 0 Å². The molecule has 0 aromatic heterocycles. The lowest BCUT2D eigenvalue weighted by molar-refractivity contribution is -0.144. The van der Waals surface area contributed by atoms with Crippen molar-refractivity contribution in [1.29, 1.82) is 0 Å². The van der Waals surface area contributed by atoms with E-state index in [0.29, 0.717) is 6.42 Å². The van der Waals surface area contributed by atoms with Crippen LogP contribution in [-0.2, 0) is 28.8 Å². The predicted molar refractivity (Wildman–Crippen MR) is 107 cm³/mol. The van der Waals surface area contributed by atoms with Crippen LogP contribution in [0.4, 0.5) is 0 Å². The standard InChI is InChI=1S/C18H31N5O8/c1-4-8(2)14(23-15(27)9(3)19)17(29)22-11(7-13(25)26)16(28)21-10(18(30)31)5-6-12(20)24/h8-11,14H,4-7,19H2,1-3H3,(H2,20,24)(H,21,28)(H,22,29)(H,23,27)(H,25,26)(H,30,31). The highest BCUT2D eigenvalue weighted by Gasteiger charge is 2.33. The summed E-state index contributed by atoms with van der Waals surface area (Å²) < 4.78 is 0. The van der Waals surface area contributed by atoms with Gasteiger partial charge in [0.1, 0.15) is 18.1 Å². The molecule has 0 rings (SSSR count). The Morgan fingerprint density at radius 1 is 0.871 bits per heavy atom. The number of carbonyl (C=O) groups excluding carboxylic acids is 4. The first-order valence-electron chi connectivity index (χ1n) is 9.69. The van der Waals surface area contributed by atoms with E-state index in [4.69, 9.17) is 16.6 Å².